The van der Waals surface area contributed by atoms with Crippen molar-refractivity contribution in [2.75, 3.05) is 0 Å². The van der Waals surface area contributed by atoms with Crippen LogP contribution in [0.2, 0.25) is 0 Å². The van der Waals surface area contributed by atoms with Gasteiger partial charge in [0.15, 0.2) is 0 Å². The van der Waals surface area contributed by atoms with Gasteiger partial charge in [-0.1, -0.05) is 19.8 Å². The summed E-state index contributed by atoms with van der Waals surface area (Å²) in [6.45, 7) is 3.98. The molecule has 1 unspecified atom stereocenters. The molecule has 94 valence electrons. The normalized spacial score (nSPS) is 18.5. The Morgan fingerprint density at radius 3 is 2.76 bits per heavy atom. The number of carbonyl (C=O) groups is 1. The molecule has 0 saturated heterocycles. The number of rotatable bonds is 4. The first-order valence-corrected chi connectivity index (χ1v) is 7.08. The Morgan fingerprint density at radius 1 is 1.53 bits per heavy atom. The molecule has 1 fully saturated rings. The molecule has 0 aliphatic heterocycles. The van der Waals surface area contributed by atoms with Crippen molar-refractivity contribution in [1.29, 1.82) is 0 Å². The number of aryl methyl sites for hydroxylation is 1. The molecule has 1 heterocycles. The van der Waals surface area contributed by atoms with Gasteiger partial charge >= 0.3 is 5.97 Å². The van der Waals surface area contributed by atoms with Crippen molar-refractivity contribution in [2.24, 2.45) is 0 Å². The fraction of sp³-hybridized carbons (Fsp3) is 0.692. The van der Waals surface area contributed by atoms with Crippen LogP contribution < -0.4 is 0 Å². The van der Waals surface area contributed by atoms with E-state index in [1.165, 1.54) is 30.7 Å². The van der Waals surface area contributed by atoms with Crippen molar-refractivity contribution >= 4 is 17.3 Å². The van der Waals surface area contributed by atoms with Crippen LogP contribution in [0.4, 0.5) is 0 Å². The van der Waals surface area contributed by atoms with Gasteiger partial charge in [-0.3, -0.25) is 4.79 Å². The molecule has 1 N–H and O–H groups in total. The van der Waals surface area contributed by atoms with Crippen LogP contribution in [0.1, 0.15) is 66.4 Å². The average molecular weight is 253 g/mol. The maximum atomic E-state index is 10.7. The lowest BCUT2D eigenvalue weighted by Gasteiger charge is -2.06. The van der Waals surface area contributed by atoms with Crippen LogP contribution in [0, 0.1) is 6.92 Å². The summed E-state index contributed by atoms with van der Waals surface area (Å²) < 4.78 is 0. The molecular weight excluding hydrogens is 234 g/mol. The van der Waals surface area contributed by atoms with Gasteiger partial charge in [0.05, 0.1) is 17.1 Å². The van der Waals surface area contributed by atoms with Crippen molar-refractivity contribution in [1.82, 2.24) is 4.98 Å². The highest BCUT2D eigenvalue weighted by Crippen LogP contribution is 2.39. The van der Waals surface area contributed by atoms with Gasteiger partial charge in [-0.15, -0.1) is 11.3 Å². The second kappa shape index (κ2) is 5.17. The van der Waals surface area contributed by atoms with E-state index < -0.39 is 5.97 Å². The number of hydrogen-bond acceptors (Lipinski definition) is 3. The summed E-state index contributed by atoms with van der Waals surface area (Å²) in [5.41, 5.74) is 1.03. The van der Waals surface area contributed by atoms with E-state index in [1.54, 1.807) is 11.3 Å². The topological polar surface area (TPSA) is 50.2 Å². The van der Waals surface area contributed by atoms with Crippen LogP contribution in [-0.2, 0) is 4.79 Å². The third-order valence-corrected chi connectivity index (χ3v) is 5.03. The van der Waals surface area contributed by atoms with Crippen molar-refractivity contribution < 1.29 is 9.90 Å². The first kappa shape index (κ1) is 12.6. The number of aromatic nitrogens is 1. The molecule has 1 atom stereocenters. The van der Waals surface area contributed by atoms with E-state index in [9.17, 15) is 4.79 Å². The van der Waals surface area contributed by atoms with Crippen LogP contribution in [0.3, 0.4) is 0 Å². The first-order valence-electron chi connectivity index (χ1n) is 6.27. The highest BCUT2D eigenvalue weighted by molar-refractivity contribution is 7.12. The summed E-state index contributed by atoms with van der Waals surface area (Å²) in [7, 11) is 0. The Balaban J connectivity index is 2.14. The summed E-state index contributed by atoms with van der Waals surface area (Å²) in [4.78, 5) is 16.5. The monoisotopic (exact) mass is 253 g/mol. The van der Waals surface area contributed by atoms with Crippen molar-refractivity contribution in [2.45, 2.75) is 57.8 Å². The van der Waals surface area contributed by atoms with E-state index in [4.69, 9.17) is 5.11 Å². The zero-order valence-corrected chi connectivity index (χ0v) is 11.2. The smallest absolute Gasteiger partial charge is 0.303 e. The molecule has 3 nitrogen and oxygen atoms in total. The number of hydrogen-bond donors (Lipinski definition) is 1. The van der Waals surface area contributed by atoms with Crippen molar-refractivity contribution in [3.63, 3.8) is 0 Å². The van der Waals surface area contributed by atoms with Crippen LogP contribution in [-0.4, -0.2) is 16.1 Å². The van der Waals surface area contributed by atoms with Crippen LogP contribution in [0.25, 0.3) is 0 Å². The molecule has 4 heteroatoms. The molecule has 1 aromatic rings. The Morgan fingerprint density at radius 2 is 2.18 bits per heavy atom. The van der Waals surface area contributed by atoms with Gasteiger partial charge in [0, 0.05) is 16.7 Å². The lowest BCUT2D eigenvalue weighted by molar-refractivity contribution is -0.137. The van der Waals surface area contributed by atoms with E-state index in [2.05, 4.69) is 4.98 Å². The summed E-state index contributed by atoms with van der Waals surface area (Å²) in [6, 6.07) is 0. The molecule has 1 aliphatic rings. The summed E-state index contributed by atoms with van der Waals surface area (Å²) in [5, 5.41) is 10.1. The third-order valence-electron chi connectivity index (χ3n) is 3.48. The number of aliphatic carboxylic acids is 1. The SMILES string of the molecule is Cc1nc(C2CCCC2)sc1C(C)CC(=O)O. The molecule has 1 aromatic heterocycles. The number of thiazole rings is 1. The summed E-state index contributed by atoms with van der Waals surface area (Å²) in [6.07, 6.45) is 5.32. The molecule has 2 rings (SSSR count). The fourth-order valence-corrected chi connectivity index (χ4v) is 3.88. The minimum absolute atomic E-state index is 0.0835. The maximum absolute atomic E-state index is 10.7. The first-order chi connectivity index (χ1) is 8.08. The molecule has 17 heavy (non-hydrogen) atoms. The van der Waals surface area contributed by atoms with Crippen LogP contribution >= 0.6 is 11.3 Å². The van der Waals surface area contributed by atoms with Crippen LogP contribution in [0.15, 0.2) is 0 Å². The molecule has 1 saturated carbocycles. The number of carboxylic acids is 1. The Kier molecular flexibility index (Phi) is 3.82. The Labute approximate surface area is 106 Å². The second-order valence-electron chi connectivity index (χ2n) is 4.98. The van der Waals surface area contributed by atoms with Gasteiger partial charge in [-0.25, -0.2) is 4.98 Å². The largest absolute Gasteiger partial charge is 0.481 e. The molecule has 0 spiro atoms. The highest BCUT2D eigenvalue weighted by atomic mass is 32.1. The third kappa shape index (κ3) is 2.86. The number of nitrogens with zero attached hydrogens (tertiary/aromatic N) is 1. The van der Waals surface area contributed by atoms with Gasteiger partial charge < -0.3 is 5.11 Å². The van der Waals surface area contributed by atoms with E-state index in [0.29, 0.717) is 5.92 Å². The van der Waals surface area contributed by atoms with Gasteiger partial charge in [-0.05, 0) is 19.8 Å². The average Bonchev–Trinajstić information content (AvgIpc) is 2.84. The van der Waals surface area contributed by atoms with E-state index in [-0.39, 0.29) is 12.3 Å². The minimum atomic E-state index is -0.729. The molecule has 0 bridgehead atoms. The predicted molar refractivity (Wildman–Crippen MR) is 68.7 cm³/mol. The fourth-order valence-electron chi connectivity index (χ4n) is 2.59. The van der Waals surface area contributed by atoms with Crippen molar-refractivity contribution in [3.05, 3.63) is 15.6 Å². The standard InChI is InChI=1S/C13H19NO2S/c1-8(7-11(15)16)12-9(2)14-13(17-12)10-5-3-4-6-10/h8,10H,3-7H2,1-2H3,(H,15,16). The van der Waals surface area contributed by atoms with E-state index in [1.807, 2.05) is 13.8 Å². The second-order valence-corrected chi connectivity index (χ2v) is 6.04. The molecule has 1 aliphatic carbocycles. The van der Waals surface area contributed by atoms with Crippen LogP contribution in [0.5, 0.6) is 0 Å². The summed E-state index contributed by atoms with van der Waals surface area (Å²) >= 11 is 1.73. The molecular formula is C13H19NO2S. The zero-order valence-electron chi connectivity index (χ0n) is 10.4. The van der Waals surface area contributed by atoms with E-state index >= 15 is 0 Å². The van der Waals surface area contributed by atoms with Gasteiger partial charge in [0.25, 0.3) is 0 Å². The maximum Gasteiger partial charge on any atom is 0.303 e. The zero-order chi connectivity index (χ0) is 12.4. The molecule has 0 radical (unpaired) electrons. The van der Waals surface area contributed by atoms with Crippen molar-refractivity contribution in [3.8, 4) is 0 Å². The van der Waals surface area contributed by atoms with E-state index in [0.717, 1.165) is 10.6 Å². The number of carboxylic acid groups (broad SMARTS) is 1. The molecule has 0 aromatic carbocycles. The Bertz CT molecular complexity index is 408. The molecule has 0 amide bonds. The highest BCUT2D eigenvalue weighted by Gasteiger charge is 2.23. The quantitative estimate of drug-likeness (QED) is 0.890. The van der Waals surface area contributed by atoms with Gasteiger partial charge in [-0.2, -0.15) is 0 Å². The lowest BCUT2D eigenvalue weighted by Crippen LogP contribution is -2.02. The Hall–Kier alpha value is -0.900. The lowest BCUT2D eigenvalue weighted by atomic mass is 10.1. The van der Waals surface area contributed by atoms with Gasteiger partial charge in [0.1, 0.15) is 0 Å². The summed E-state index contributed by atoms with van der Waals surface area (Å²) in [5.74, 6) is -0.0163. The predicted octanol–water partition coefficient (Wildman–Crippen LogP) is 3.69. The van der Waals surface area contributed by atoms with Gasteiger partial charge in [0.2, 0.25) is 0 Å². The minimum Gasteiger partial charge on any atom is -0.481 e.